The quantitative estimate of drug-likeness (QED) is 0.147. The average molecular weight is 426 g/mol. The number of rotatable bonds is 19. The molecule has 0 heterocycles. The molecule has 0 radical (unpaired) electrons. The molecule has 0 aliphatic rings. The van der Waals surface area contributed by atoms with E-state index in [0.29, 0.717) is 6.42 Å². The van der Waals surface area contributed by atoms with Crippen LogP contribution in [-0.4, -0.2) is 37.6 Å². The topological polar surface area (TPSA) is 86.3 Å². The molecular formula is C21H40NNaO4S. The fourth-order valence-electron chi connectivity index (χ4n) is 3.09. The largest absolute Gasteiger partial charge is 1.00 e. The van der Waals surface area contributed by atoms with E-state index in [-0.39, 0.29) is 42.5 Å². The van der Waals surface area contributed by atoms with Crippen molar-refractivity contribution in [3.63, 3.8) is 0 Å². The van der Waals surface area contributed by atoms with E-state index in [9.17, 15) is 17.8 Å². The Morgan fingerprint density at radius 2 is 1.36 bits per heavy atom. The van der Waals surface area contributed by atoms with E-state index in [2.05, 4.69) is 24.4 Å². The molecule has 1 atom stereocenters. The van der Waals surface area contributed by atoms with Crippen molar-refractivity contribution in [1.29, 1.82) is 0 Å². The average Bonchev–Trinajstić information content (AvgIpc) is 2.61. The van der Waals surface area contributed by atoms with Crippen molar-refractivity contribution in [2.75, 3.05) is 13.6 Å². The van der Waals surface area contributed by atoms with Gasteiger partial charge in [-0.2, -0.15) is 0 Å². The van der Waals surface area contributed by atoms with Crippen LogP contribution in [0.1, 0.15) is 96.8 Å². The van der Waals surface area contributed by atoms with Crippen LogP contribution in [0.4, 0.5) is 0 Å². The van der Waals surface area contributed by atoms with Crippen LogP contribution in [-0.2, 0) is 14.9 Å². The molecule has 1 unspecified atom stereocenters. The van der Waals surface area contributed by atoms with Gasteiger partial charge in [0.05, 0.1) is 0 Å². The molecule has 0 aliphatic carbocycles. The summed E-state index contributed by atoms with van der Waals surface area (Å²) < 4.78 is 33.3. The molecule has 0 rings (SSSR count). The van der Waals surface area contributed by atoms with E-state index in [1.807, 2.05) is 0 Å². The Morgan fingerprint density at radius 1 is 0.893 bits per heavy atom. The molecule has 0 aromatic heterocycles. The molecule has 0 fully saturated rings. The number of unbranched alkanes of at least 4 members (excludes halogenated alkanes) is 11. The minimum atomic E-state index is -4.57. The van der Waals surface area contributed by atoms with E-state index in [1.54, 1.807) is 0 Å². The summed E-state index contributed by atoms with van der Waals surface area (Å²) in [6, 6.07) is 0. The summed E-state index contributed by atoms with van der Waals surface area (Å²) in [7, 11) is -3.03. The number of nitrogens with one attached hydrogen (secondary N) is 1. The first-order valence-corrected chi connectivity index (χ1v) is 12.2. The van der Waals surface area contributed by atoms with Gasteiger partial charge in [-0.05, 0) is 39.2 Å². The summed E-state index contributed by atoms with van der Waals surface area (Å²) >= 11 is 0. The Bertz CT molecular complexity index is 495. The van der Waals surface area contributed by atoms with Crippen molar-refractivity contribution in [2.45, 2.75) is 102 Å². The summed E-state index contributed by atoms with van der Waals surface area (Å²) in [5.41, 5.74) is 0. The maximum atomic E-state index is 11.9. The van der Waals surface area contributed by atoms with Crippen LogP contribution in [0.3, 0.4) is 0 Å². The van der Waals surface area contributed by atoms with Gasteiger partial charge in [-0.15, -0.1) is 0 Å². The van der Waals surface area contributed by atoms with Crippen molar-refractivity contribution in [3.8, 4) is 0 Å². The van der Waals surface area contributed by atoms with Crippen molar-refractivity contribution in [3.05, 3.63) is 12.2 Å². The normalized spacial score (nSPS) is 12.8. The van der Waals surface area contributed by atoms with Gasteiger partial charge in [-0.3, -0.25) is 4.79 Å². The molecule has 0 spiro atoms. The Kier molecular flexibility index (Phi) is 22.4. The van der Waals surface area contributed by atoms with E-state index >= 15 is 0 Å². The second kappa shape index (κ2) is 20.5. The molecule has 0 aromatic rings. The number of hydrogen-bond acceptors (Lipinski definition) is 5. The van der Waals surface area contributed by atoms with Crippen LogP contribution in [0.5, 0.6) is 0 Å². The third-order valence-corrected chi connectivity index (χ3v) is 5.91. The predicted octanol–water partition coefficient (Wildman–Crippen LogP) is 1.73. The van der Waals surface area contributed by atoms with E-state index in [4.69, 9.17) is 0 Å². The van der Waals surface area contributed by atoms with Gasteiger partial charge in [-0.25, -0.2) is 8.42 Å². The van der Waals surface area contributed by atoms with Crippen LogP contribution in [0.15, 0.2) is 12.2 Å². The third-order valence-electron chi connectivity index (χ3n) is 4.78. The van der Waals surface area contributed by atoms with Crippen LogP contribution in [0.25, 0.3) is 0 Å². The zero-order chi connectivity index (χ0) is 20.4. The molecule has 0 saturated heterocycles. The minimum Gasteiger partial charge on any atom is -0.747 e. The van der Waals surface area contributed by atoms with E-state index in [0.717, 1.165) is 32.1 Å². The molecule has 5 nitrogen and oxygen atoms in total. The Labute approximate surface area is 195 Å². The number of ketones is 1. The zero-order valence-electron chi connectivity index (χ0n) is 18.4. The van der Waals surface area contributed by atoms with Gasteiger partial charge in [0.15, 0.2) is 5.78 Å². The fourth-order valence-corrected chi connectivity index (χ4v) is 3.90. The van der Waals surface area contributed by atoms with Crippen molar-refractivity contribution >= 4 is 15.9 Å². The SMILES string of the molecule is CCCCCCCC/C=C\CCCCCCCC(=O)C(CNC)S(=O)(=O)[O-].[Na+]. The number of Topliss-reactive ketones (excluding diaryl/α,β-unsaturated/α-hetero) is 1. The summed E-state index contributed by atoms with van der Waals surface area (Å²) in [6.07, 6.45) is 19.9. The first-order valence-electron chi connectivity index (χ1n) is 10.7. The van der Waals surface area contributed by atoms with Crippen molar-refractivity contribution in [1.82, 2.24) is 5.32 Å². The molecule has 7 heteroatoms. The monoisotopic (exact) mass is 425 g/mol. The molecule has 160 valence electrons. The van der Waals surface area contributed by atoms with Gasteiger partial charge in [-0.1, -0.05) is 70.4 Å². The summed E-state index contributed by atoms with van der Waals surface area (Å²) in [5.74, 6) is -0.461. The smallest absolute Gasteiger partial charge is 0.747 e. The molecule has 0 saturated carbocycles. The maximum absolute atomic E-state index is 11.9. The van der Waals surface area contributed by atoms with Gasteiger partial charge in [0.1, 0.15) is 15.4 Å². The zero-order valence-corrected chi connectivity index (χ0v) is 21.2. The minimum absolute atomic E-state index is 0. The third kappa shape index (κ3) is 18.3. The molecule has 0 aliphatic heterocycles. The van der Waals surface area contributed by atoms with E-state index < -0.39 is 21.2 Å². The van der Waals surface area contributed by atoms with Crippen LogP contribution < -0.4 is 34.9 Å². The second-order valence-corrected chi connectivity index (χ2v) is 8.89. The molecule has 1 N–H and O–H groups in total. The predicted molar refractivity (Wildman–Crippen MR) is 112 cm³/mol. The molecule has 28 heavy (non-hydrogen) atoms. The van der Waals surface area contributed by atoms with Gasteiger partial charge >= 0.3 is 29.6 Å². The maximum Gasteiger partial charge on any atom is 1.00 e. The van der Waals surface area contributed by atoms with Gasteiger partial charge < -0.3 is 9.87 Å². The first-order chi connectivity index (χ1) is 12.9. The van der Waals surface area contributed by atoms with Crippen LogP contribution in [0, 0.1) is 0 Å². The Morgan fingerprint density at radius 3 is 1.82 bits per heavy atom. The van der Waals surface area contributed by atoms with Gasteiger partial charge in [0.2, 0.25) is 0 Å². The standard InChI is InChI=1S/C21H41NO4S.Na/c1-3-4-5-6-7-8-9-10-11-12-13-14-15-16-17-18-20(23)21(19-22-2)27(24,25)26;/h10-11,21-22H,3-9,12-19H2,1-2H3,(H,24,25,26);/q;+1/p-1/b11-10-;. The summed E-state index contributed by atoms with van der Waals surface area (Å²) in [5, 5.41) is 1.16. The van der Waals surface area contributed by atoms with Gasteiger partial charge in [0.25, 0.3) is 0 Å². The number of carbonyl (C=O) groups is 1. The Hall–Kier alpha value is 0.280. The van der Waals surface area contributed by atoms with Crippen LogP contribution >= 0.6 is 0 Å². The summed E-state index contributed by atoms with van der Waals surface area (Å²) in [4.78, 5) is 11.9. The summed E-state index contributed by atoms with van der Waals surface area (Å²) in [6.45, 7) is 2.14. The molecule has 0 amide bonds. The molecular weight excluding hydrogens is 385 g/mol. The molecule has 0 bridgehead atoms. The van der Waals surface area contributed by atoms with Crippen LogP contribution in [0.2, 0.25) is 0 Å². The van der Waals surface area contributed by atoms with Gasteiger partial charge in [0, 0.05) is 13.0 Å². The molecule has 0 aromatic carbocycles. The Balaban J connectivity index is 0. The van der Waals surface area contributed by atoms with Crippen molar-refractivity contribution < 1.29 is 47.3 Å². The second-order valence-electron chi connectivity index (χ2n) is 7.34. The van der Waals surface area contributed by atoms with Crippen molar-refractivity contribution in [2.24, 2.45) is 0 Å². The number of hydrogen-bond donors (Lipinski definition) is 1. The first kappa shape index (κ1) is 30.5. The number of allylic oxidation sites excluding steroid dienone is 2. The van der Waals surface area contributed by atoms with E-state index in [1.165, 1.54) is 52.0 Å². The fraction of sp³-hybridized carbons (Fsp3) is 0.857. The number of carbonyl (C=O) groups excluding carboxylic acids is 1.